The van der Waals surface area contributed by atoms with Crippen LogP contribution in [-0.4, -0.2) is 112 Å². The fraction of sp³-hybridized carbons (Fsp3) is 0.609. The van der Waals surface area contributed by atoms with E-state index in [4.69, 9.17) is 33.7 Å². The van der Waals surface area contributed by atoms with E-state index in [1.165, 1.54) is 28.7 Å². The van der Waals surface area contributed by atoms with Crippen LogP contribution < -0.4 is 25.4 Å². The van der Waals surface area contributed by atoms with Crippen molar-refractivity contribution in [3.63, 3.8) is 0 Å². The summed E-state index contributed by atoms with van der Waals surface area (Å²) in [4.78, 5) is 66.0. The summed E-state index contributed by atoms with van der Waals surface area (Å²) >= 11 is 1.46. The lowest BCUT2D eigenvalue weighted by Crippen LogP contribution is -2.59. The van der Waals surface area contributed by atoms with Gasteiger partial charge in [0.1, 0.15) is 53.6 Å². The van der Waals surface area contributed by atoms with Gasteiger partial charge in [-0.2, -0.15) is 0 Å². The summed E-state index contributed by atoms with van der Waals surface area (Å²) in [6.07, 6.45) is 5.69. The third kappa shape index (κ3) is 10.2. The summed E-state index contributed by atoms with van der Waals surface area (Å²) < 4.78 is 30.2. The summed E-state index contributed by atoms with van der Waals surface area (Å²) in [7, 11) is 0. The Morgan fingerprint density at radius 2 is 1.84 bits per heavy atom. The molecule has 3 aliphatic carbocycles. The number of carboxylic acids is 1. The second-order valence-electron chi connectivity index (χ2n) is 19.0. The first-order valence-electron chi connectivity index (χ1n) is 22.3. The number of benzene rings is 1. The molecule has 3 unspecified atom stereocenters. The maximum atomic E-state index is 14.8. The van der Waals surface area contributed by atoms with Crippen molar-refractivity contribution in [2.24, 2.45) is 23.2 Å². The highest BCUT2D eigenvalue weighted by molar-refractivity contribution is 7.14. The highest BCUT2D eigenvalue weighted by Gasteiger charge is 2.61. The van der Waals surface area contributed by atoms with Crippen LogP contribution in [-0.2, 0) is 28.6 Å². The average molecular weight is 889 g/mol. The molecule has 4 heterocycles. The van der Waals surface area contributed by atoms with Crippen LogP contribution in [0.15, 0.2) is 42.3 Å². The Labute approximate surface area is 371 Å². The van der Waals surface area contributed by atoms with Gasteiger partial charge in [0.15, 0.2) is 11.4 Å². The SMILES string of the molecule is C=C[C@@H]1CC1(NC(=O)[C@@H]1C[C@H](Oc2cc(-c3csc(NC(C)C)n3)nc3cc(OCCOC4CCCCO4)ccc23)CN1C(=O)C(NC(=O)O[C@@H]1C[C@@H]2C[C@@H]2C1)C(C)(C)C)C(=O)O. The number of aromatic nitrogens is 2. The number of carboxylic acid groups (broad SMARTS) is 1. The number of alkyl carbamates (subject to hydrolysis) is 1. The predicted molar refractivity (Wildman–Crippen MR) is 235 cm³/mol. The van der Waals surface area contributed by atoms with Crippen LogP contribution in [0.2, 0.25) is 0 Å². The van der Waals surface area contributed by atoms with Crippen LogP contribution in [0, 0.1) is 23.2 Å². The van der Waals surface area contributed by atoms with E-state index in [-0.39, 0.29) is 37.8 Å². The van der Waals surface area contributed by atoms with Crippen molar-refractivity contribution >= 4 is 51.2 Å². The molecular formula is C46H60N6O10S. The third-order valence-electron chi connectivity index (χ3n) is 12.7. The molecule has 9 atom stereocenters. The zero-order valence-electron chi connectivity index (χ0n) is 36.7. The minimum atomic E-state index is -1.53. The molecule has 2 aliphatic heterocycles. The number of rotatable bonds is 17. The average Bonchev–Trinajstić information content (AvgIpc) is 3.91. The van der Waals surface area contributed by atoms with Crippen LogP contribution >= 0.6 is 11.3 Å². The normalized spacial score (nSPS) is 27.9. The van der Waals surface area contributed by atoms with Crippen LogP contribution in [0.4, 0.5) is 9.93 Å². The van der Waals surface area contributed by atoms with E-state index in [1.54, 1.807) is 6.07 Å². The van der Waals surface area contributed by atoms with Gasteiger partial charge >= 0.3 is 12.1 Å². The Morgan fingerprint density at radius 1 is 1.05 bits per heavy atom. The number of thiazole rings is 1. The molecule has 3 saturated carbocycles. The van der Waals surface area contributed by atoms with E-state index >= 15 is 0 Å². The molecule has 1 aromatic carbocycles. The summed E-state index contributed by atoms with van der Waals surface area (Å²) in [5.41, 5.74) is -0.566. The zero-order valence-corrected chi connectivity index (χ0v) is 37.5. The van der Waals surface area contributed by atoms with E-state index in [9.17, 15) is 24.3 Å². The van der Waals surface area contributed by atoms with Crippen LogP contribution in [0.5, 0.6) is 11.5 Å². The van der Waals surface area contributed by atoms with Crippen molar-refractivity contribution < 1.29 is 48.0 Å². The fourth-order valence-electron chi connectivity index (χ4n) is 9.13. The summed E-state index contributed by atoms with van der Waals surface area (Å²) in [5.74, 6) is -0.552. The Bertz CT molecular complexity index is 2190. The molecule has 8 rings (SSSR count). The number of carbonyl (C=O) groups is 4. The van der Waals surface area contributed by atoms with Crippen molar-refractivity contribution in [1.82, 2.24) is 25.5 Å². The topological polar surface area (TPSA) is 200 Å². The quantitative estimate of drug-likeness (QED) is 0.0843. The van der Waals surface area contributed by atoms with Crippen molar-refractivity contribution in [1.29, 1.82) is 0 Å². The molecule has 16 nitrogen and oxygen atoms in total. The number of fused-ring (bicyclic) bond motifs is 2. The van der Waals surface area contributed by atoms with Crippen LogP contribution in [0.1, 0.15) is 86.0 Å². The van der Waals surface area contributed by atoms with Gasteiger partial charge in [0.05, 0.1) is 24.4 Å². The Kier molecular flexibility index (Phi) is 12.9. The van der Waals surface area contributed by atoms with Crippen molar-refractivity contribution in [3.05, 3.63) is 42.3 Å². The lowest BCUT2D eigenvalue weighted by molar-refractivity contribution is -0.165. The smallest absolute Gasteiger partial charge is 0.408 e. The van der Waals surface area contributed by atoms with Gasteiger partial charge in [-0.25, -0.2) is 19.6 Å². The number of anilines is 1. The van der Waals surface area contributed by atoms with Crippen molar-refractivity contribution in [3.8, 4) is 22.9 Å². The summed E-state index contributed by atoms with van der Waals surface area (Å²) in [5, 5.41) is 22.4. The molecule has 4 N–H and O–H groups in total. The number of hydrogen-bond donors (Lipinski definition) is 4. The monoisotopic (exact) mass is 888 g/mol. The van der Waals surface area contributed by atoms with Gasteiger partial charge in [-0.15, -0.1) is 17.9 Å². The molecule has 5 aliphatic rings. The molecule has 63 heavy (non-hydrogen) atoms. The molecule has 0 spiro atoms. The van der Waals surface area contributed by atoms with E-state index in [2.05, 4.69) is 22.5 Å². The fourth-order valence-corrected chi connectivity index (χ4v) is 9.98. The van der Waals surface area contributed by atoms with E-state index < -0.39 is 58.9 Å². The number of nitrogens with zero attached hydrogens (tertiary/aromatic N) is 3. The van der Waals surface area contributed by atoms with E-state index in [0.717, 1.165) is 37.2 Å². The molecule has 3 aromatic rings. The first kappa shape index (κ1) is 44.6. The van der Waals surface area contributed by atoms with Gasteiger partial charge in [-0.05, 0) is 88.2 Å². The largest absolute Gasteiger partial charge is 0.491 e. The number of amides is 3. The Hall–Kier alpha value is -5.00. The van der Waals surface area contributed by atoms with E-state index in [0.29, 0.717) is 65.4 Å². The Balaban J connectivity index is 1.06. The van der Waals surface area contributed by atoms with Gasteiger partial charge in [-0.3, -0.25) is 9.59 Å². The summed E-state index contributed by atoms with van der Waals surface area (Å²) in [6.45, 7) is 14.7. The standard InChI is InChI=1S/C46H60N6O10S/c1-7-28-22-46(28,42(55)56)51-40(53)36-20-31(23-52(36)41(54)39(45(4,5)6)50-44(57)62-30-17-26-16-27(26)18-30)61-37-21-34(35-24-63-43(49-35)47-25(2)3)48-33-19-29(11-12-32(33)37)58-14-15-60-38-10-8-9-13-59-38/h7,11-12,19,21,24-28,30-31,36,38-39H,1,8-10,13-18,20,22-23H2,2-6H3,(H,47,49)(H,50,57)(H,51,53)(H,55,56)/t26-,27+,28-,30+,31+,36+,38?,39?,46?/m1/s1. The molecule has 340 valence electrons. The van der Waals surface area contributed by atoms with E-state index in [1.807, 2.05) is 58.2 Å². The lowest BCUT2D eigenvalue weighted by Gasteiger charge is -2.35. The van der Waals surface area contributed by atoms with Crippen molar-refractivity contribution in [2.45, 2.75) is 128 Å². The number of nitrogens with one attached hydrogen (secondary N) is 3. The zero-order chi connectivity index (χ0) is 44.6. The first-order chi connectivity index (χ1) is 30.1. The molecule has 17 heteroatoms. The minimum Gasteiger partial charge on any atom is -0.491 e. The van der Waals surface area contributed by atoms with Gasteiger partial charge < -0.3 is 49.6 Å². The molecule has 2 aromatic heterocycles. The molecule has 5 fully saturated rings. The lowest BCUT2D eigenvalue weighted by atomic mass is 9.85. The number of aliphatic carboxylic acids is 1. The van der Waals surface area contributed by atoms with Crippen LogP contribution in [0.25, 0.3) is 22.3 Å². The molecule has 0 bridgehead atoms. The Morgan fingerprint density at radius 3 is 2.52 bits per heavy atom. The number of ether oxygens (including phenoxy) is 5. The number of carbonyl (C=O) groups excluding carboxylic acids is 3. The minimum absolute atomic E-state index is 0.0264. The summed E-state index contributed by atoms with van der Waals surface area (Å²) in [6, 6.07) is 5.29. The molecule has 2 saturated heterocycles. The highest BCUT2D eigenvalue weighted by Crippen LogP contribution is 2.52. The van der Waals surface area contributed by atoms with Crippen LogP contribution in [0.3, 0.4) is 0 Å². The van der Waals surface area contributed by atoms with Gasteiger partial charge in [0, 0.05) is 47.9 Å². The van der Waals surface area contributed by atoms with Crippen molar-refractivity contribution in [2.75, 3.05) is 31.7 Å². The number of pyridine rings is 1. The highest BCUT2D eigenvalue weighted by atomic mass is 32.1. The van der Waals surface area contributed by atoms with Gasteiger partial charge in [0.25, 0.3) is 0 Å². The first-order valence-corrected chi connectivity index (χ1v) is 23.1. The maximum absolute atomic E-state index is 14.8. The van der Waals surface area contributed by atoms with Gasteiger partial charge in [-0.1, -0.05) is 26.8 Å². The predicted octanol–water partition coefficient (Wildman–Crippen LogP) is 6.53. The second-order valence-corrected chi connectivity index (χ2v) is 19.9. The molecular weight excluding hydrogens is 829 g/mol. The maximum Gasteiger partial charge on any atom is 0.408 e. The molecule has 3 amide bonds. The van der Waals surface area contributed by atoms with Gasteiger partial charge in [0.2, 0.25) is 11.8 Å². The number of likely N-dealkylation sites (tertiary alicyclic amines) is 1. The molecule has 0 radical (unpaired) electrons. The third-order valence-corrected chi connectivity index (χ3v) is 13.5. The number of hydrogen-bond acceptors (Lipinski definition) is 13. The second kappa shape index (κ2) is 18.2.